The van der Waals surface area contributed by atoms with E-state index in [0.29, 0.717) is 43.6 Å². The molecule has 2 fully saturated rings. The van der Waals surface area contributed by atoms with Crippen LogP contribution in [0.25, 0.3) is 0 Å². The number of piperidine rings is 1. The molecule has 0 bridgehead atoms. The highest BCUT2D eigenvalue weighted by molar-refractivity contribution is 5.98. The Morgan fingerprint density at radius 3 is 2.32 bits per heavy atom. The molecule has 2 aliphatic heterocycles. The Hall–Kier alpha value is -4.04. The Labute approximate surface area is 216 Å². The molecule has 2 saturated heterocycles. The number of likely N-dealkylation sites (tertiary alicyclic amines) is 1. The molecule has 8 heteroatoms. The molecule has 190 valence electrons. The number of amides is 3. The van der Waals surface area contributed by atoms with Gasteiger partial charge in [0.2, 0.25) is 5.91 Å². The zero-order valence-electron chi connectivity index (χ0n) is 20.8. The summed E-state index contributed by atoms with van der Waals surface area (Å²) in [5.41, 5.74) is 2.15. The van der Waals surface area contributed by atoms with Gasteiger partial charge < -0.3 is 15.0 Å². The van der Waals surface area contributed by atoms with Crippen LogP contribution in [0.2, 0.25) is 0 Å². The lowest BCUT2D eigenvalue weighted by molar-refractivity contribution is -0.128. The first-order valence-electron chi connectivity index (χ1n) is 12.5. The van der Waals surface area contributed by atoms with Crippen molar-refractivity contribution >= 4 is 17.7 Å². The van der Waals surface area contributed by atoms with Crippen molar-refractivity contribution < 1.29 is 19.1 Å². The molecular formula is C29H30N4O4. The predicted molar refractivity (Wildman–Crippen MR) is 137 cm³/mol. The van der Waals surface area contributed by atoms with Crippen LogP contribution in [0.1, 0.15) is 44.7 Å². The molecule has 1 N–H and O–H groups in total. The van der Waals surface area contributed by atoms with E-state index in [1.165, 1.54) is 0 Å². The molecule has 3 aromatic rings. The molecule has 2 aromatic carbocycles. The van der Waals surface area contributed by atoms with Crippen molar-refractivity contribution in [1.29, 1.82) is 0 Å². The third-order valence-electron chi connectivity index (χ3n) is 7.12. The smallest absolute Gasteiger partial charge is 0.256 e. The molecule has 1 unspecified atom stereocenters. The van der Waals surface area contributed by atoms with E-state index in [1.54, 1.807) is 46.5 Å². The molecule has 0 radical (unpaired) electrons. The second kappa shape index (κ2) is 10.5. The van der Waals surface area contributed by atoms with Gasteiger partial charge in [-0.05, 0) is 42.8 Å². The monoisotopic (exact) mass is 498 g/mol. The van der Waals surface area contributed by atoms with Crippen LogP contribution in [0.3, 0.4) is 0 Å². The lowest BCUT2D eigenvalue weighted by atomic mass is 9.96. The Bertz CT molecular complexity index is 1260. The normalized spacial score (nSPS) is 18.6. The van der Waals surface area contributed by atoms with Gasteiger partial charge in [-0.3, -0.25) is 24.3 Å². The molecule has 2 aliphatic rings. The molecule has 8 nitrogen and oxygen atoms in total. The van der Waals surface area contributed by atoms with E-state index in [4.69, 9.17) is 4.74 Å². The number of ether oxygens (including phenoxy) is 1. The van der Waals surface area contributed by atoms with E-state index in [1.807, 2.05) is 49.4 Å². The zero-order valence-corrected chi connectivity index (χ0v) is 20.8. The fraction of sp³-hybridized carbons (Fsp3) is 0.310. The van der Waals surface area contributed by atoms with Crippen LogP contribution >= 0.6 is 0 Å². The minimum Gasteiger partial charge on any atom is -0.353 e. The number of pyridine rings is 1. The van der Waals surface area contributed by atoms with Gasteiger partial charge in [0.15, 0.2) is 0 Å². The molecule has 1 spiro atoms. The number of hydrogen-bond donors (Lipinski definition) is 1. The summed E-state index contributed by atoms with van der Waals surface area (Å²) >= 11 is 0. The first-order chi connectivity index (χ1) is 18.0. The molecule has 1 atom stereocenters. The van der Waals surface area contributed by atoms with Gasteiger partial charge in [-0.1, -0.05) is 42.0 Å². The lowest BCUT2D eigenvalue weighted by Crippen LogP contribution is -2.59. The van der Waals surface area contributed by atoms with E-state index in [2.05, 4.69) is 10.3 Å². The number of benzene rings is 2. The number of nitrogens with one attached hydrogen (secondary N) is 1. The quantitative estimate of drug-likeness (QED) is 0.584. The number of carbonyl (C=O) groups is 3. The summed E-state index contributed by atoms with van der Waals surface area (Å²) in [5, 5.41) is 2.93. The van der Waals surface area contributed by atoms with Crippen LogP contribution in [0.15, 0.2) is 79.1 Å². The summed E-state index contributed by atoms with van der Waals surface area (Å²) in [7, 11) is 0. The molecule has 0 saturated carbocycles. The van der Waals surface area contributed by atoms with Crippen LogP contribution < -0.4 is 5.32 Å². The summed E-state index contributed by atoms with van der Waals surface area (Å²) in [4.78, 5) is 47.6. The lowest BCUT2D eigenvalue weighted by Gasteiger charge is -2.44. The molecule has 1 aromatic heterocycles. The second-order valence-electron chi connectivity index (χ2n) is 9.55. The minimum atomic E-state index is -0.951. The van der Waals surface area contributed by atoms with Gasteiger partial charge in [-0.2, -0.15) is 0 Å². The molecular weight excluding hydrogens is 468 g/mol. The van der Waals surface area contributed by atoms with Gasteiger partial charge in [0.05, 0.1) is 6.61 Å². The molecule has 3 heterocycles. The van der Waals surface area contributed by atoms with Gasteiger partial charge in [0, 0.05) is 56.0 Å². The second-order valence-corrected chi connectivity index (χ2v) is 9.55. The van der Waals surface area contributed by atoms with Gasteiger partial charge in [0.25, 0.3) is 11.8 Å². The van der Waals surface area contributed by atoms with Gasteiger partial charge >= 0.3 is 0 Å². The summed E-state index contributed by atoms with van der Waals surface area (Å²) < 4.78 is 6.27. The van der Waals surface area contributed by atoms with Crippen molar-refractivity contribution in [1.82, 2.24) is 20.1 Å². The Kier molecular flexibility index (Phi) is 7.01. The Balaban J connectivity index is 1.34. The highest BCUT2D eigenvalue weighted by Gasteiger charge is 2.54. The largest absolute Gasteiger partial charge is 0.353 e. The maximum Gasteiger partial charge on any atom is 0.256 e. The molecule has 3 amide bonds. The van der Waals surface area contributed by atoms with Gasteiger partial charge in [0.1, 0.15) is 11.8 Å². The average molecular weight is 499 g/mol. The summed E-state index contributed by atoms with van der Waals surface area (Å²) in [6.07, 6.45) is 4.22. The fourth-order valence-corrected chi connectivity index (χ4v) is 5.03. The molecule has 37 heavy (non-hydrogen) atoms. The van der Waals surface area contributed by atoms with Crippen molar-refractivity contribution in [2.24, 2.45) is 0 Å². The highest BCUT2D eigenvalue weighted by Crippen LogP contribution is 2.38. The van der Waals surface area contributed by atoms with Crippen molar-refractivity contribution in [2.45, 2.75) is 38.1 Å². The van der Waals surface area contributed by atoms with E-state index in [9.17, 15) is 14.4 Å². The molecule has 0 aliphatic carbocycles. The van der Waals surface area contributed by atoms with Crippen molar-refractivity contribution in [3.63, 3.8) is 0 Å². The van der Waals surface area contributed by atoms with E-state index < -0.39 is 11.8 Å². The topological polar surface area (TPSA) is 91.8 Å². The third-order valence-corrected chi connectivity index (χ3v) is 7.12. The van der Waals surface area contributed by atoms with Crippen LogP contribution in [0.5, 0.6) is 0 Å². The number of rotatable bonds is 5. The summed E-state index contributed by atoms with van der Waals surface area (Å²) in [6.45, 7) is 3.24. The fourth-order valence-electron chi connectivity index (χ4n) is 5.03. The van der Waals surface area contributed by atoms with Crippen molar-refractivity contribution in [3.05, 3.63) is 101 Å². The standard InChI is InChI=1S/C29H30N4O4/c1-21-9-11-24(12-10-21)27(35)32-16-13-29(14-17-32)33(28(36)23-7-3-2-4-8-23)25(20-37-29)26(34)31-19-22-6-5-15-30-18-22/h2-12,15,18,25H,13-14,16-17,19-20H2,1H3,(H,31,34). The van der Waals surface area contributed by atoms with Crippen LogP contribution in [0.4, 0.5) is 0 Å². The zero-order chi connectivity index (χ0) is 25.8. The molecule has 5 rings (SSSR count). The van der Waals surface area contributed by atoms with E-state index in [0.717, 1.165) is 11.1 Å². The maximum absolute atomic E-state index is 13.8. The number of hydrogen-bond acceptors (Lipinski definition) is 5. The van der Waals surface area contributed by atoms with E-state index in [-0.39, 0.29) is 24.3 Å². The number of nitrogens with zero attached hydrogens (tertiary/aromatic N) is 3. The van der Waals surface area contributed by atoms with Gasteiger partial charge in [-0.15, -0.1) is 0 Å². The van der Waals surface area contributed by atoms with Crippen LogP contribution in [-0.4, -0.2) is 64.0 Å². The van der Waals surface area contributed by atoms with E-state index >= 15 is 0 Å². The van der Waals surface area contributed by atoms with Gasteiger partial charge in [-0.25, -0.2) is 0 Å². The third kappa shape index (κ3) is 5.11. The Morgan fingerprint density at radius 2 is 1.65 bits per heavy atom. The average Bonchev–Trinajstić information content (AvgIpc) is 3.31. The summed E-state index contributed by atoms with van der Waals surface area (Å²) in [5.74, 6) is -0.569. The number of carbonyl (C=O) groups excluding carboxylic acids is 3. The maximum atomic E-state index is 13.8. The number of aryl methyl sites for hydroxylation is 1. The van der Waals surface area contributed by atoms with Crippen LogP contribution in [-0.2, 0) is 16.1 Å². The number of aromatic nitrogens is 1. The minimum absolute atomic E-state index is 0.0421. The highest BCUT2D eigenvalue weighted by atomic mass is 16.5. The van der Waals surface area contributed by atoms with Crippen molar-refractivity contribution in [2.75, 3.05) is 19.7 Å². The first kappa shape index (κ1) is 24.6. The van der Waals surface area contributed by atoms with Crippen molar-refractivity contribution in [3.8, 4) is 0 Å². The van der Waals surface area contributed by atoms with Crippen LogP contribution in [0, 0.1) is 6.92 Å². The summed E-state index contributed by atoms with van der Waals surface area (Å²) in [6, 6.07) is 19.4. The Morgan fingerprint density at radius 1 is 0.946 bits per heavy atom. The SMILES string of the molecule is Cc1ccc(C(=O)N2CCC3(CC2)OCC(C(=O)NCc2cccnc2)N3C(=O)c2ccccc2)cc1. The predicted octanol–water partition coefficient (Wildman–Crippen LogP) is 3.18. The first-order valence-corrected chi connectivity index (χ1v) is 12.5.